The van der Waals surface area contributed by atoms with Crippen molar-refractivity contribution in [1.82, 2.24) is 14.9 Å². The average molecular weight is 467 g/mol. The molecule has 1 fully saturated rings. The average Bonchev–Trinajstić information content (AvgIpc) is 2.84. The van der Waals surface area contributed by atoms with E-state index in [1.165, 1.54) is 6.20 Å². The molecule has 33 heavy (non-hydrogen) atoms. The molecule has 0 spiro atoms. The van der Waals surface area contributed by atoms with Gasteiger partial charge in [0.15, 0.2) is 0 Å². The van der Waals surface area contributed by atoms with Crippen molar-refractivity contribution < 1.29 is 14.6 Å². The van der Waals surface area contributed by atoms with E-state index in [2.05, 4.69) is 19.8 Å². The van der Waals surface area contributed by atoms with Crippen LogP contribution in [0.15, 0.2) is 60.8 Å². The highest BCUT2D eigenvalue weighted by molar-refractivity contribution is 6.30. The molecule has 0 radical (unpaired) electrons. The number of halogens is 1. The van der Waals surface area contributed by atoms with Crippen LogP contribution in [-0.2, 0) is 12.8 Å². The zero-order valence-corrected chi connectivity index (χ0v) is 19.1. The number of ether oxygens (including phenoxy) is 1. The molecule has 0 saturated carbocycles. The number of carboxylic acids is 1. The maximum Gasteiger partial charge on any atom is 0.339 e. The number of rotatable bonds is 9. The number of piperazine rings is 1. The second-order valence-electron chi connectivity index (χ2n) is 7.96. The van der Waals surface area contributed by atoms with Crippen LogP contribution in [0.5, 0.6) is 5.75 Å². The molecule has 1 saturated heterocycles. The topological polar surface area (TPSA) is 78.8 Å². The van der Waals surface area contributed by atoms with E-state index in [9.17, 15) is 9.90 Å². The lowest BCUT2D eigenvalue weighted by Crippen LogP contribution is -2.48. The molecule has 3 aromatic rings. The van der Waals surface area contributed by atoms with Crippen LogP contribution in [0.4, 0.5) is 5.95 Å². The second kappa shape index (κ2) is 11.1. The molecule has 0 aliphatic carbocycles. The lowest BCUT2D eigenvalue weighted by molar-refractivity contribution is 0.0694. The van der Waals surface area contributed by atoms with Gasteiger partial charge in [0.05, 0.1) is 11.3 Å². The van der Waals surface area contributed by atoms with Crippen molar-refractivity contribution in [2.24, 2.45) is 0 Å². The van der Waals surface area contributed by atoms with E-state index in [0.717, 1.165) is 50.5 Å². The number of nitrogens with zero attached hydrogens (tertiary/aromatic N) is 4. The van der Waals surface area contributed by atoms with Gasteiger partial charge in [0, 0.05) is 43.9 Å². The predicted molar refractivity (Wildman–Crippen MR) is 128 cm³/mol. The van der Waals surface area contributed by atoms with Crippen LogP contribution in [0.2, 0.25) is 5.02 Å². The number of carboxylic acid groups (broad SMARTS) is 1. The highest BCUT2D eigenvalue weighted by atomic mass is 35.5. The van der Waals surface area contributed by atoms with Crippen molar-refractivity contribution in [3.63, 3.8) is 0 Å². The van der Waals surface area contributed by atoms with Crippen molar-refractivity contribution >= 4 is 23.5 Å². The van der Waals surface area contributed by atoms with Gasteiger partial charge in [-0.1, -0.05) is 48.0 Å². The third kappa shape index (κ3) is 6.43. The van der Waals surface area contributed by atoms with Gasteiger partial charge in [-0.2, -0.15) is 0 Å². The van der Waals surface area contributed by atoms with E-state index in [-0.39, 0.29) is 5.56 Å². The molecule has 0 amide bonds. The minimum absolute atomic E-state index is 0.173. The number of aryl methyl sites for hydroxylation is 2. The van der Waals surface area contributed by atoms with E-state index in [1.807, 2.05) is 54.6 Å². The first-order valence-electron chi connectivity index (χ1n) is 11.1. The molecule has 1 aliphatic rings. The number of anilines is 1. The van der Waals surface area contributed by atoms with Gasteiger partial charge >= 0.3 is 5.97 Å². The lowest BCUT2D eigenvalue weighted by atomic mass is 10.1. The van der Waals surface area contributed by atoms with Gasteiger partial charge < -0.3 is 14.7 Å². The maximum atomic E-state index is 11.7. The first-order valence-corrected chi connectivity index (χ1v) is 11.4. The smallest absolute Gasteiger partial charge is 0.339 e. The number of hydrogen-bond acceptors (Lipinski definition) is 6. The van der Waals surface area contributed by atoms with Crippen LogP contribution in [-0.4, -0.2) is 65.3 Å². The molecule has 8 heteroatoms. The Kier molecular flexibility index (Phi) is 7.75. The molecular formula is C25H27ClN4O3. The molecular weight excluding hydrogens is 440 g/mol. The van der Waals surface area contributed by atoms with Gasteiger partial charge in [-0.3, -0.25) is 4.90 Å². The first-order chi connectivity index (χ1) is 16.1. The monoisotopic (exact) mass is 466 g/mol. The van der Waals surface area contributed by atoms with Crippen molar-refractivity contribution in [2.75, 3.05) is 44.2 Å². The van der Waals surface area contributed by atoms with Gasteiger partial charge in [-0.25, -0.2) is 14.8 Å². The normalized spacial score (nSPS) is 14.3. The Morgan fingerprint density at radius 2 is 1.82 bits per heavy atom. The van der Waals surface area contributed by atoms with Gasteiger partial charge in [-0.15, -0.1) is 0 Å². The van der Waals surface area contributed by atoms with Crippen LogP contribution < -0.4 is 9.64 Å². The van der Waals surface area contributed by atoms with Crippen LogP contribution >= 0.6 is 11.6 Å². The highest BCUT2D eigenvalue weighted by Crippen LogP contribution is 2.18. The summed E-state index contributed by atoms with van der Waals surface area (Å²) in [5.41, 5.74) is 1.91. The van der Waals surface area contributed by atoms with Crippen molar-refractivity contribution in [3.8, 4) is 5.75 Å². The Bertz CT molecular complexity index is 1070. The van der Waals surface area contributed by atoms with E-state index in [4.69, 9.17) is 16.3 Å². The minimum Gasteiger partial charge on any atom is -0.492 e. The predicted octanol–water partition coefficient (Wildman–Crippen LogP) is 3.81. The Morgan fingerprint density at radius 3 is 2.55 bits per heavy atom. The molecule has 4 rings (SSSR count). The van der Waals surface area contributed by atoms with Crippen LogP contribution in [0.25, 0.3) is 0 Å². The van der Waals surface area contributed by atoms with Gasteiger partial charge in [0.1, 0.15) is 12.4 Å². The summed E-state index contributed by atoms with van der Waals surface area (Å²) in [6, 6.07) is 17.4. The lowest BCUT2D eigenvalue weighted by Gasteiger charge is -2.34. The van der Waals surface area contributed by atoms with E-state index >= 15 is 0 Å². The number of aromatic nitrogens is 2. The largest absolute Gasteiger partial charge is 0.492 e. The molecule has 1 aromatic heterocycles. The summed E-state index contributed by atoms with van der Waals surface area (Å²) in [6.45, 7) is 4.70. The summed E-state index contributed by atoms with van der Waals surface area (Å²) < 4.78 is 5.80. The van der Waals surface area contributed by atoms with E-state index in [1.54, 1.807) is 0 Å². The number of hydrogen-bond donors (Lipinski definition) is 1. The Balaban J connectivity index is 1.32. The third-order valence-electron chi connectivity index (χ3n) is 5.71. The Labute approximate surface area is 198 Å². The van der Waals surface area contributed by atoms with Gasteiger partial charge in [0.2, 0.25) is 5.95 Å². The quantitative estimate of drug-likeness (QED) is 0.513. The molecule has 1 N–H and O–H groups in total. The van der Waals surface area contributed by atoms with Crippen molar-refractivity contribution in [1.29, 1.82) is 0 Å². The maximum absolute atomic E-state index is 11.7. The zero-order chi connectivity index (χ0) is 23.0. The minimum atomic E-state index is -0.992. The first kappa shape index (κ1) is 23.0. The van der Waals surface area contributed by atoms with Gasteiger partial charge in [0.25, 0.3) is 0 Å². The Morgan fingerprint density at radius 1 is 1.03 bits per heavy atom. The fourth-order valence-electron chi connectivity index (χ4n) is 3.86. The molecule has 0 bridgehead atoms. The summed E-state index contributed by atoms with van der Waals surface area (Å²) in [5.74, 6) is 0.378. The van der Waals surface area contributed by atoms with Crippen molar-refractivity contribution in [3.05, 3.63) is 82.6 Å². The zero-order valence-electron chi connectivity index (χ0n) is 18.4. The van der Waals surface area contributed by atoms with Crippen LogP contribution in [0, 0.1) is 0 Å². The van der Waals surface area contributed by atoms with E-state index < -0.39 is 5.97 Å². The van der Waals surface area contributed by atoms with Crippen molar-refractivity contribution in [2.45, 2.75) is 12.8 Å². The van der Waals surface area contributed by atoms with E-state index in [0.29, 0.717) is 29.7 Å². The molecule has 2 aromatic carbocycles. The molecule has 0 unspecified atom stereocenters. The summed E-state index contributed by atoms with van der Waals surface area (Å²) >= 11 is 6.00. The standard InChI is InChI=1S/C25H27ClN4O3/c26-20-7-4-8-21(17-20)33-16-15-29-11-13-30(14-12-29)25-27-18-22(24(31)32)23(28-25)10-9-19-5-2-1-3-6-19/h1-8,17-18H,9-16H2,(H,31,32). The number of benzene rings is 2. The van der Waals surface area contributed by atoms with Crippen LogP contribution in [0.3, 0.4) is 0 Å². The molecule has 2 heterocycles. The highest BCUT2D eigenvalue weighted by Gasteiger charge is 2.21. The molecule has 7 nitrogen and oxygen atoms in total. The Hall–Kier alpha value is -3.16. The van der Waals surface area contributed by atoms with Crippen LogP contribution in [0.1, 0.15) is 21.6 Å². The SMILES string of the molecule is O=C(O)c1cnc(N2CCN(CCOc3cccc(Cl)c3)CC2)nc1CCc1ccccc1. The fourth-order valence-corrected chi connectivity index (χ4v) is 4.04. The summed E-state index contributed by atoms with van der Waals surface area (Å²) in [6.07, 6.45) is 2.73. The molecule has 1 aliphatic heterocycles. The summed E-state index contributed by atoms with van der Waals surface area (Å²) in [7, 11) is 0. The number of aromatic carboxylic acids is 1. The molecule has 172 valence electrons. The summed E-state index contributed by atoms with van der Waals surface area (Å²) in [4.78, 5) is 25.1. The molecule has 0 atom stereocenters. The number of carbonyl (C=O) groups is 1. The fraction of sp³-hybridized carbons (Fsp3) is 0.320. The third-order valence-corrected chi connectivity index (χ3v) is 5.94. The second-order valence-corrected chi connectivity index (χ2v) is 8.39. The van der Waals surface area contributed by atoms with Gasteiger partial charge in [-0.05, 0) is 36.6 Å². The summed E-state index contributed by atoms with van der Waals surface area (Å²) in [5, 5.41) is 10.2.